The van der Waals surface area contributed by atoms with E-state index in [-0.39, 0.29) is 75.2 Å². The van der Waals surface area contributed by atoms with Gasteiger partial charge in [-0.05, 0) is 144 Å². The van der Waals surface area contributed by atoms with Crippen LogP contribution in [0.15, 0.2) is 12.1 Å². The number of amides is 4. The number of piperidine rings is 3. The van der Waals surface area contributed by atoms with Crippen LogP contribution in [0.4, 0.5) is 4.79 Å². The minimum atomic E-state index is -1.54. The van der Waals surface area contributed by atoms with Crippen LogP contribution in [0.25, 0.3) is 0 Å². The second-order valence-electron chi connectivity index (χ2n) is 31.1. The van der Waals surface area contributed by atoms with Gasteiger partial charge in [0, 0.05) is 85.2 Å². The van der Waals surface area contributed by atoms with Crippen LogP contribution in [0.2, 0.25) is 0 Å². The normalized spacial score (nSPS) is 21.9. The third kappa shape index (κ3) is 16.1. The van der Waals surface area contributed by atoms with E-state index in [0.29, 0.717) is 57.9 Å². The molecule has 0 aromatic heterocycles. The van der Waals surface area contributed by atoms with E-state index >= 15 is 0 Å². The van der Waals surface area contributed by atoms with E-state index in [0.717, 1.165) is 42.4 Å². The third-order valence-electron chi connectivity index (χ3n) is 19.1. The number of aromatic hydroxyl groups is 1. The molecule has 0 radical (unpaired) electrons. The van der Waals surface area contributed by atoms with E-state index in [1.807, 2.05) is 44.7 Å². The number of likely N-dealkylation sites (tertiary alicyclic amines) is 3. The Labute approximate surface area is 487 Å². The number of esters is 2. The predicted octanol–water partition coefficient (Wildman–Crippen LogP) is 14.5. The minimum absolute atomic E-state index is 0.00356. The Hall–Kier alpha value is -3.71. The molecule has 4 amide bonds. The minimum Gasteiger partial charge on any atom is -0.507 e. The Morgan fingerprint density at radius 3 is 1.30 bits per heavy atom. The molecule has 4 fully saturated rings. The van der Waals surface area contributed by atoms with Gasteiger partial charge in [0.05, 0.1) is 0 Å². The van der Waals surface area contributed by atoms with E-state index in [1.54, 1.807) is 6.92 Å². The molecule has 0 aliphatic carbocycles. The highest BCUT2D eigenvalue weighted by molar-refractivity contribution is 6.07. The van der Waals surface area contributed by atoms with Crippen LogP contribution in [0, 0.1) is 5.41 Å². The van der Waals surface area contributed by atoms with Crippen molar-refractivity contribution in [3.05, 3.63) is 28.8 Å². The number of ether oxygens (including phenoxy) is 2. The summed E-state index contributed by atoms with van der Waals surface area (Å²) in [4.78, 5) is 76.3. The molecule has 4 saturated heterocycles. The number of benzene rings is 1. The largest absolute Gasteiger partial charge is 0.507 e. The molecule has 5 rings (SSSR count). The molecule has 1 aromatic rings. The van der Waals surface area contributed by atoms with E-state index in [2.05, 4.69) is 140 Å². The smallest absolute Gasteiger partial charge is 0.325 e. The number of carbonyl (C=O) groups excluding carboxylic acids is 5. The molecule has 4 heterocycles. The van der Waals surface area contributed by atoms with Crippen molar-refractivity contribution in [1.29, 1.82) is 0 Å². The van der Waals surface area contributed by atoms with Crippen molar-refractivity contribution < 1.29 is 38.6 Å². The zero-order valence-corrected chi connectivity index (χ0v) is 55.3. The number of phenols is 1. The van der Waals surface area contributed by atoms with Gasteiger partial charge in [-0.15, -0.1) is 0 Å². The number of urea groups is 1. The van der Waals surface area contributed by atoms with Crippen molar-refractivity contribution in [2.75, 3.05) is 20.6 Å². The van der Waals surface area contributed by atoms with Crippen LogP contribution in [0.5, 0.6) is 5.75 Å². The lowest BCUT2D eigenvalue weighted by molar-refractivity contribution is -0.188. The lowest BCUT2D eigenvalue weighted by atomic mass is 9.69. The molecule has 2 N–H and O–H groups in total. The van der Waals surface area contributed by atoms with Crippen molar-refractivity contribution >= 4 is 29.8 Å². The molecule has 1 spiro atoms. The third-order valence-corrected chi connectivity index (χ3v) is 19.1. The summed E-state index contributed by atoms with van der Waals surface area (Å²) in [6.45, 7) is 44.3. The quantitative estimate of drug-likeness (QED) is 0.0559. The molecule has 4 aliphatic heterocycles. The van der Waals surface area contributed by atoms with Gasteiger partial charge >= 0.3 is 18.0 Å². The second-order valence-corrected chi connectivity index (χ2v) is 31.1. The zero-order chi connectivity index (χ0) is 61.0. The van der Waals surface area contributed by atoms with Crippen LogP contribution in [-0.4, -0.2) is 126 Å². The first-order valence-electron chi connectivity index (χ1n) is 31.2. The van der Waals surface area contributed by atoms with Gasteiger partial charge in [-0.25, -0.2) is 4.79 Å². The molecule has 458 valence electrons. The summed E-state index contributed by atoms with van der Waals surface area (Å²) in [5.74, 6) is -0.802. The van der Waals surface area contributed by atoms with Crippen molar-refractivity contribution in [2.45, 2.75) is 336 Å². The average molecular weight is 1120 g/mol. The zero-order valence-electron chi connectivity index (χ0n) is 55.3. The van der Waals surface area contributed by atoms with Crippen LogP contribution >= 0.6 is 0 Å². The topological polar surface area (TPSA) is 149 Å². The summed E-state index contributed by atoms with van der Waals surface area (Å²) in [7, 11) is 4.27. The highest BCUT2D eigenvalue weighted by Gasteiger charge is 2.62. The first-order valence-corrected chi connectivity index (χ1v) is 31.2. The van der Waals surface area contributed by atoms with Crippen LogP contribution in [0.1, 0.15) is 284 Å². The Morgan fingerprint density at radius 1 is 0.588 bits per heavy atom. The summed E-state index contributed by atoms with van der Waals surface area (Å²) >= 11 is 0. The number of carbonyl (C=O) groups is 5. The Morgan fingerprint density at radius 2 is 0.950 bits per heavy atom. The predicted molar refractivity (Wildman–Crippen MR) is 326 cm³/mol. The number of hydrogen-bond donors (Lipinski definition) is 2. The number of hydrogen-bond acceptors (Lipinski definition) is 10. The van der Waals surface area contributed by atoms with Crippen molar-refractivity contribution in [1.82, 2.24) is 24.9 Å². The molecule has 0 bridgehead atoms. The van der Waals surface area contributed by atoms with Crippen LogP contribution in [0.3, 0.4) is 0 Å². The maximum absolute atomic E-state index is 15.0. The molecule has 1 aromatic carbocycles. The number of phenolic OH excluding ortho intramolecular Hbond substituents is 1. The lowest BCUT2D eigenvalue weighted by Gasteiger charge is -2.57. The molecule has 13 heteroatoms. The Kier molecular flexibility index (Phi) is 22.1. The number of rotatable bonds is 20. The average Bonchev–Trinajstić information content (AvgIpc) is 3.50. The van der Waals surface area contributed by atoms with E-state index in [4.69, 9.17) is 9.47 Å². The van der Waals surface area contributed by atoms with Gasteiger partial charge in [0.2, 0.25) is 5.91 Å². The molecule has 13 nitrogen and oxygen atoms in total. The highest BCUT2D eigenvalue weighted by atomic mass is 16.6. The Bertz CT molecular complexity index is 2170. The maximum atomic E-state index is 15.0. The number of imide groups is 1. The van der Waals surface area contributed by atoms with Crippen LogP contribution in [-0.2, 0) is 45.9 Å². The molecule has 0 saturated carbocycles. The maximum Gasteiger partial charge on any atom is 0.325 e. The van der Waals surface area contributed by atoms with E-state index in [1.165, 1.54) is 49.8 Å². The van der Waals surface area contributed by atoms with Crippen molar-refractivity contribution in [3.8, 4) is 5.75 Å². The summed E-state index contributed by atoms with van der Waals surface area (Å²) in [5, 5.41) is 14.5. The lowest BCUT2D eigenvalue weighted by Crippen LogP contribution is -2.70. The fourth-order valence-corrected chi connectivity index (χ4v) is 14.8. The monoisotopic (exact) mass is 1120 g/mol. The van der Waals surface area contributed by atoms with Gasteiger partial charge in [0.15, 0.2) is 5.41 Å². The van der Waals surface area contributed by atoms with Gasteiger partial charge in [-0.2, -0.15) is 0 Å². The van der Waals surface area contributed by atoms with Gasteiger partial charge in [-0.3, -0.25) is 33.9 Å². The highest BCUT2D eigenvalue weighted by Crippen LogP contribution is 2.48. The molecular weight excluding hydrogens is 1000 g/mol. The molecular formula is C67H117N5O8. The molecule has 4 aliphatic rings. The first-order chi connectivity index (χ1) is 36.5. The van der Waals surface area contributed by atoms with Crippen molar-refractivity contribution in [2.24, 2.45) is 5.41 Å². The van der Waals surface area contributed by atoms with E-state index in [9.17, 15) is 29.1 Å². The van der Waals surface area contributed by atoms with Gasteiger partial charge in [0.1, 0.15) is 23.5 Å². The molecule has 0 atom stereocenters. The fraction of sp³-hybridized carbons (Fsp3) is 0.836. The standard InChI is InChI=1S/C42H72N2O5.C25H45N3O3/c1-18-19-20-42(34(46)48-29-24-38(8,9)43(16)39(10,11)25-29,35(47)49-30-26-40(12,13)44(17)41(14,15)27-30)23-28-21-31(36(2,3)4)33(45)32(22-28)37(5,6)7;1-7-8-9-10-11-12-13-14-15-16-17-27-21(30)25(26-22(27)31)18-23(3,4)28(20(2)29)24(5,6)19-25/h21-22,29-30,45H,18-20,23-27H2,1-17H3;7-19H2,1-6H3,(H,26,31). The first kappa shape index (κ1) is 68.8. The molecule has 80 heavy (non-hydrogen) atoms. The van der Waals surface area contributed by atoms with Crippen molar-refractivity contribution in [3.63, 3.8) is 0 Å². The number of unbranched alkanes of at least 4 members (excludes halogenated alkanes) is 10. The van der Waals surface area contributed by atoms with Gasteiger partial charge in [-0.1, -0.05) is 138 Å². The SMILES string of the molecule is CCCCC(Cc1cc(C(C)(C)C)c(O)c(C(C)(C)C)c1)(C(=O)OC1CC(C)(C)N(C)C(C)(C)C1)C(=O)OC1CC(C)(C)N(C)C(C)(C)C1.CCCCCCCCCCCCN1C(=O)NC2(CC(C)(C)N(C(C)=O)C(C)(C)C2)C1=O. The summed E-state index contributed by atoms with van der Waals surface area (Å²) in [6.07, 6.45) is 17.1. The number of nitrogens with one attached hydrogen (secondary N) is 1. The fourth-order valence-electron chi connectivity index (χ4n) is 14.8. The van der Waals surface area contributed by atoms with Gasteiger partial charge in [0.25, 0.3) is 5.91 Å². The molecule has 0 unspecified atom stereocenters. The van der Waals surface area contributed by atoms with E-state index < -0.39 is 34.0 Å². The summed E-state index contributed by atoms with van der Waals surface area (Å²) in [6, 6.07) is 3.72. The number of nitrogens with zero attached hydrogens (tertiary/aromatic N) is 4. The Balaban J connectivity index is 0.000000382. The second kappa shape index (κ2) is 25.6. The summed E-state index contributed by atoms with van der Waals surface area (Å²) < 4.78 is 13.1. The van der Waals surface area contributed by atoms with Gasteiger partial charge < -0.3 is 24.8 Å². The summed E-state index contributed by atoms with van der Waals surface area (Å²) in [5.41, 5.74) is -2.49. The van der Waals surface area contributed by atoms with Crippen LogP contribution < -0.4 is 5.32 Å².